The first-order valence-electron chi connectivity index (χ1n) is 8.63. The molecule has 0 bridgehead atoms. The van der Waals surface area contributed by atoms with E-state index in [0.717, 1.165) is 0 Å². The van der Waals surface area contributed by atoms with Gasteiger partial charge >= 0.3 is 0 Å². The average Bonchev–Trinajstić information content (AvgIpc) is 2.99. The number of non-ortho nitro benzene ring substituents is 1. The first kappa shape index (κ1) is 19.1. The Hall–Kier alpha value is -3.23. The molecule has 2 unspecified atom stereocenters. The summed E-state index contributed by atoms with van der Waals surface area (Å²) in [4.78, 5) is 10.7. The van der Waals surface area contributed by atoms with E-state index < -0.39 is 22.1 Å². The molecule has 3 aromatic rings. The predicted molar refractivity (Wildman–Crippen MR) is 115 cm³/mol. The van der Waals surface area contributed by atoms with Crippen molar-refractivity contribution in [2.75, 3.05) is 8.61 Å². The van der Waals surface area contributed by atoms with Crippen LogP contribution >= 0.6 is 11.6 Å². The molecule has 0 radical (unpaired) electrons. The molecule has 0 amide bonds. The van der Waals surface area contributed by atoms with Crippen LogP contribution in [0, 0.1) is 15.5 Å². The number of anilines is 2. The van der Waals surface area contributed by atoms with Crippen LogP contribution in [0.3, 0.4) is 0 Å². The molecule has 0 aliphatic carbocycles. The van der Waals surface area contributed by atoms with Crippen molar-refractivity contribution < 1.29 is 9.13 Å². The van der Waals surface area contributed by atoms with Crippen molar-refractivity contribution in [3.63, 3.8) is 0 Å². The second kappa shape index (κ2) is 7.65. The Morgan fingerprint density at radius 2 is 1.62 bits per heavy atom. The van der Waals surface area contributed by atoms with Crippen LogP contribution in [0.25, 0.3) is 0 Å². The van der Waals surface area contributed by atoms with Gasteiger partial charge in [-0.25, -0.2) is 8.51 Å². The smallest absolute Gasteiger partial charge is 0.271 e. The summed E-state index contributed by atoms with van der Waals surface area (Å²) >= 11 is 4.57. The lowest BCUT2D eigenvalue weighted by atomic mass is 10.0. The molecular formula is C20H15ClN4O3S. The highest BCUT2D eigenvalue weighted by molar-refractivity contribution is 7.89. The van der Waals surface area contributed by atoms with Crippen molar-refractivity contribution >= 4 is 45.7 Å². The van der Waals surface area contributed by atoms with Gasteiger partial charge in [0.25, 0.3) is 5.69 Å². The van der Waals surface area contributed by atoms with Gasteiger partial charge in [-0.15, -0.1) is 0 Å². The first-order chi connectivity index (χ1) is 14.0. The Morgan fingerprint density at radius 3 is 2.31 bits per heavy atom. The number of rotatable bonds is 4. The van der Waals surface area contributed by atoms with Crippen LogP contribution < -0.4 is 8.61 Å². The summed E-state index contributed by atoms with van der Waals surface area (Å²) in [7, 11) is 0. The van der Waals surface area contributed by atoms with Gasteiger partial charge in [-0.05, 0) is 24.3 Å². The van der Waals surface area contributed by atoms with Gasteiger partial charge in [0.05, 0.1) is 16.3 Å². The molecule has 1 fully saturated rings. The van der Waals surface area contributed by atoms with Gasteiger partial charge in [-0.2, -0.15) is 0 Å². The molecule has 29 heavy (non-hydrogen) atoms. The summed E-state index contributed by atoms with van der Waals surface area (Å²) in [5, 5.41) is 20.4. The Kier molecular flexibility index (Phi) is 5.04. The van der Waals surface area contributed by atoms with Crippen molar-refractivity contribution in [2.24, 2.45) is 0 Å². The molecule has 1 heterocycles. The van der Waals surface area contributed by atoms with Crippen molar-refractivity contribution in [1.29, 1.82) is 5.41 Å². The zero-order valence-corrected chi connectivity index (χ0v) is 16.5. The summed E-state index contributed by atoms with van der Waals surface area (Å²) in [6.07, 6.45) is 0. The number of para-hydroxylation sites is 1. The van der Waals surface area contributed by atoms with Gasteiger partial charge in [0.15, 0.2) is 0 Å². The summed E-state index contributed by atoms with van der Waals surface area (Å²) in [6.45, 7) is 0. The lowest BCUT2D eigenvalue weighted by Gasteiger charge is -2.23. The van der Waals surface area contributed by atoms with E-state index in [0.29, 0.717) is 22.0 Å². The number of nitrogens with one attached hydrogen (secondary N) is 1. The fraction of sp³-hybridized carbons (Fsp3) is 0.0500. The Balaban J connectivity index is 1.89. The Bertz CT molecular complexity index is 1130. The highest BCUT2D eigenvalue weighted by Gasteiger charge is 2.45. The fourth-order valence-corrected chi connectivity index (χ4v) is 4.90. The number of amidine groups is 1. The van der Waals surface area contributed by atoms with Gasteiger partial charge in [0.1, 0.15) is 11.9 Å². The second-order valence-corrected chi connectivity index (χ2v) is 7.90. The monoisotopic (exact) mass is 426 g/mol. The van der Waals surface area contributed by atoms with Crippen molar-refractivity contribution in [3.8, 4) is 0 Å². The molecule has 4 rings (SSSR count). The number of hydrogen-bond acceptors (Lipinski definition) is 4. The van der Waals surface area contributed by atoms with Gasteiger partial charge in [0.2, 0.25) is 11.2 Å². The van der Waals surface area contributed by atoms with Crippen LogP contribution in [0.1, 0.15) is 11.6 Å². The van der Waals surface area contributed by atoms with Crippen LogP contribution in [-0.2, 0) is 11.2 Å². The Labute approximate surface area is 174 Å². The van der Waals surface area contributed by atoms with E-state index in [1.54, 1.807) is 54.6 Å². The van der Waals surface area contributed by atoms with E-state index in [4.69, 9.17) is 17.0 Å². The van der Waals surface area contributed by atoms with E-state index in [1.807, 2.05) is 6.07 Å². The van der Waals surface area contributed by atoms with E-state index in [1.165, 1.54) is 26.8 Å². The fourth-order valence-electron chi connectivity index (χ4n) is 3.23. The van der Waals surface area contributed by atoms with Crippen LogP contribution in [0.5, 0.6) is 0 Å². The first-order valence-corrected chi connectivity index (χ1v) is 10.1. The van der Waals surface area contributed by atoms with Crippen molar-refractivity contribution in [1.82, 2.24) is 0 Å². The molecule has 9 heteroatoms. The molecule has 1 saturated heterocycles. The van der Waals surface area contributed by atoms with Crippen molar-refractivity contribution in [2.45, 2.75) is 6.04 Å². The standard InChI is InChI=1S/C20H15ClN4O3S/c21-18-12-5-4-11-17(18)19-20(22)24(14-7-2-1-3-8-14)29(28)23(19)15-9-6-10-16(13-15)25(26)27/h1-13,19,22H. The van der Waals surface area contributed by atoms with Gasteiger partial charge in [-0.3, -0.25) is 19.8 Å². The highest BCUT2D eigenvalue weighted by atomic mass is 35.5. The predicted octanol–water partition coefficient (Wildman–Crippen LogP) is 4.87. The van der Waals surface area contributed by atoms with Crippen LogP contribution in [0.2, 0.25) is 5.02 Å². The number of nitro groups is 1. The SMILES string of the molecule is N=C1C(c2ccccc2Cl)N(c2cccc([N+](=O)[O-])c2)S(=O)N1c1ccccc1. The summed E-state index contributed by atoms with van der Waals surface area (Å²) in [5.74, 6) is 0.0640. The molecule has 1 aliphatic rings. The van der Waals surface area contributed by atoms with Gasteiger partial charge in [-0.1, -0.05) is 54.1 Å². The summed E-state index contributed by atoms with van der Waals surface area (Å²) < 4.78 is 16.4. The molecule has 7 nitrogen and oxygen atoms in total. The third-order valence-electron chi connectivity index (χ3n) is 4.52. The molecular weight excluding hydrogens is 412 g/mol. The van der Waals surface area contributed by atoms with E-state index in [-0.39, 0.29) is 11.5 Å². The second-order valence-electron chi connectivity index (χ2n) is 6.27. The largest absolute Gasteiger partial charge is 0.285 e. The number of nitro benzene ring substituents is 1. The lowest BCUT2D eigenvalue weighted by molar-refractivity contribution is -0.384. The van der Waals surface area contributed by atoms with E-state index in [9.17, 15) is 14.3 Å². The summed E-state index contributed by atoms with van der Waals surface area (Å²) in [6, 6.07) is 21.1. The molecule has 2 atom stereocenters. The zero-order valence-electron chi connectivity index (χ0n) is 14.9. The molecule has 146 valence electrons. The number of nitrogens with zero attached hydrogens (tertiary/aromatic N) is 3. The highest BCUT2D eigenvalue weighted by Crippen LogP contribution is 2.42. The molecule has 0 spiro atoms. The zero-order chi connectivity index (χ0) is 20.5. The van der Waals surface area contributed by atoms with Crippen molar-refractivity contribution in [3.05, 3.63) is 99.6 Å². The topological polar surface area (TPSA) is 90.5 Å². The maximum atomic E-state index is 13.5. The molecule has 1 aliphatic heterocycles. The van der Waals surface area contributed by atoms with Gasteiger partial charge < -0.3 is 0 Å². The maximum absolute atomic E-state index is 13.5. The average molecular weight is 427 g/mol. The minimum atomic E-state index is -1.83. The van der Waals surface area contributed by atoms with Crippen LogP contribution in [0.4, 0.5) is 17.1 Å². The minimum absolute atomic E-state index is 0.0640. The Morgan fingerprint density at radius 1 is 0.966 bits per heavy atom. The molecule has 3 aromatic carbocycles. The molecule has 1 N–H and O–H groups in total. The quantitative estimate of drug-likeness (QED) is 0.476. The molecule has 0 aromatic heterocycles. The van der Waals surface area contributed by atoms with E-state index >= 15 is 0 Å². The minimum Gasteiger partial charge on any atom is -0.285 e. The number of benzene rings is 3. The number of hydrogen-bond donors (Lipinski definition) is 1. The normalized spacial score (nSPS) is 18.9. The number of halogens is 1. The van der Waals surface area contributed by atoms with Crippen LogP contribution in [0.15, 0.2) is 78.9 Å². The molecule has 0 saturated carbocycles. The lowest BCUT2D eigenvalue weighted by Crippen LogP contribution is -2.27. The maximum Gasteiger partial charge on any atom is 0.271 e. The third-order valence-corrected chi connectivity index (χ3v) is 6.34. The van der Waals surface area contributed by atoms with E-state index in [2.05, 4.69) is 0 Å². The van der Waals surface area contributed by atoms with Crippen LogP contribution in [-0.4, -0.2) is 15.0 Å². The third kappa shape index (κ3) is 3.37. The summed E-state index contributed by atoms with van der Waals surface area (Å²) in [5.41, 5.74) is 1.42. The van der Waals surface area contributed by atoms with Gasteiger partial charge in [0, 0.05) is 22.7 Å².